The van der Waals surface area contributed by atoms with Crippen molar-refractivity contribution in [2.24, 2.45) is 18.4 Å². The summed E-state index contributed by atoms with van der Waals surface area (Å²) in [5, 5.41) is 4.54. The second-order valence-corrected chi connectivity index (χ2v) is 13.8. The number of pyridine rings is 1. The Labute approximate surface area is 230 Å². The van der Waals surface area contributed by atoms with Gasteiger partial charge in [0.1, 0.15) is 10.7 Å². The summed E-state index contributed by atoms with van der Waals surface area (Å²) in [6.07, 6.45) is 9.37. The number of aryl methyl sites for hydroxylation is 2. The van der Waals surface area contributed by atoms with Crippen LogP contribution in [0.2, 0.25) is 0 Å². The maximum absolute atomic E-state index is 13.5. The largest absolute Gasteiger partial charge is 0.477 e. The highest BCUT2D eigenvalue weighted by Crippen LogP contribution is 2.48. The van der Waals surface area contributed by atoms with Crippen LogP contribution in [-0.4, -0.2) is 52.3 Å². The molecule has 1 amide bonds. The van der Waals surface area contributed by atoms with Gasteiger partial charge in [-0.2, -0.15) is 0 Å². The monoisotopic (exact) mass is 554 g/mol. The van der Waals surface area contributed by atoms with Crippen molar-refractivity contribution in [3.05, 3.63) is 47.9 Å². The number of anilines is 1. The predicted octanol–water partition coefficient (Wildman–Crippen LogP) is 4.23. The van der Waals surface area contributed by atoms with Crippen molar-refractivity contribution >= 4 is 21.7 Å². The molecule has 0 bridgehead atoms. The van der Waals surface area contributed by atoms with E-state index < -0.39 is 15.9 Å². The molecule has 4 heterocycles. The van der Waals surface area contributed by atoms with Crippen molar-refractivity contribution in [1.82, 2.24) is 24.1 Å². The van der Waals surface area contributed by atoms with Crippen molar-refractivity contribution in [2.75, 3.05) is 18.1 Å². The van der Waals surface area contributed by atoms with Crippen molar-refractivity contribution in [3.63, 3.8) is 0 Å². The maximum Gasteiger partial charge on any atom is 0.268 e. The van der Waals surface area contributed by atoms with Crippen LogP contribution in [0.5, 0.6) is 5.88 Å². The van der Waals surface area contributed by atoms with Gasteiger partial charge in [-0.15, -0.1) is 5.10 Å². The van der Waals surface area contributed by atoms with Crippen LogP contribution in [0.4, 0.5) is 5.82 Å². The summed E-state index contributed by atoms with van der Waals surface area (Å²) in [6.45, 7) is 11.6. The van der Waals surface area contributed by atoms with E-state index >= 15 is 0 Å². The van der Waals surface area contributed by atoms with Crippen molar-refractivity contribution in [1.29, 1.82) is 0 Å². The van der Waals surface area contributed by atoms with Gasteiger partial charge in [-0.3, -0.25) is 4.79 Å². The molecule has 1 atom stereocenters. The van der Waals surface area contributed by atoms with E-state index in [1.54, 1.807) is 53.8 Å². The SMILES string of the molecule is Cc1cn(C)cc1S(=O)(=O)NC(=O)c1ccc(-n2ccc(OCCC3(C)CC3)n2)nc1N1C[C@@H](C)CC1(C)C. The molecular weight excluding hydrogens is 516 g/mol. The maximum atomic E-state index is 13.5. The van der Waals surface area contributed by atoms with E-state index in [1.165, 1.54) is 19.0 Å². The molecule has 11 heteroatoms. The van der Waals surface area contributed by atoms with Crippen LogP contribution < -0.4 is 14.4 Å². The molecule has 0 unspecified atom stereocenters. The van der Waals surface area contributed by atoms with E-state index in [1.807, 2.05) is 0 Å². The minimum atomic E-state index is -4.07. The Hall–Kier alpha value is -3.34. The molecule has 0 radical (unpaired) electrons. The average molecular weight is 555 g/mol. The highest BCUT2D eigenvalue weighted by molar-refractivity contribution is 7.90. The van der Waals surface area contributed by atoms with Crippen LogP contribution in [0, 0.1) is 18.3 Å². The quantitative estimate of drug-likeness (QED) is 0.421. The second kappa shape index (κ2) is 9.69. The smallest absolute Gasteiger partial charge is 0.268 e. The summed E-state index contributed by atoms with van der Waals surface area (Å²) in [4.78, 5) is 20.5. The molecule has 0 aromatic carbocycles. The number of carbonyl (C=O) groups is 1. The zero-order chi connectivity index (χ0) is 28.2. The van der Waals surface area contributed by atoms with Gasteiger partial charge in [0.25, 0.3) is 15.9 Å². The van der Waals surface area contributed by atoms with Crippen LogP contribution in [0.1, 0.15) is 69.3 Å². The zero-order valence-corrected chi connectivity index (χ0v) is 24.4. The first-order valence-corrected chi connectivity index (χ1v) is 14.9. The van der Waals surface area contributed by atoms with Crippen molar-refractivity contribution in [2.45, 2.75) is 70.7 Å². The Kier molecular flexibility index (Phi) is 6.77. The van der Waals surface area contributed by atoms with E-state index in [0.29, 0.717) is 47.6 Å². The van der Waals surface area contributed by atoms with Crippen LogP contribution in [0.25, 0.3) is 5.82 Å². The van der Waals surface area contributed by atoms with Crippen LogP contribution in [0.3, 0.4) is 0 Å². The van der Waals surface area contributed by atoms with Gasteiger partial charge in [0.2, 0.25) is 5.88 Å². The molecule has 1 saturated heterocycles. The molecule has 1 aliphatic carbocycles. The molecule has 1 N–H and O–H groups in total. The van der Waals surface area contributed by atoms with Crippen LogP contribution >= 0.6 is 0 Å². The Balaban J connectivity index is 1.45. The van der Waals surface area contributed by atoms with E-state index in [-0.39, 0.29) is 16.0 Å². The number of hydrogen-bond acceptors (Lipinski definition) is 7. The fraction of sp³-hybridized carbons (Fsp3) is 0.536. The van der Waals surface area contributed by atoms with Gasteiger partial charge in [0.15, 0.2) is 5.82 Å². The summed E-state index contributed by atoms with van der Waals surface area (Å²) in [7, 11) is -2.33. The third kappa shape index (κ3) is 5.68. The van der Waals surface area contributed by atoms with Gasteiger partial charge >= 0.3 is 0 Å². The van der Waals surface area contributed by atoms with E-state index in [4.69, 9.17) is 9.72 Å². The molecule has 1 saturated carbocycles. The standard InChI is InChI=1S/C28H38N6O4S/c1-19-15-27(3,4)33(16-19)25-21(26(35)31-39(36,37)22-18-32(6)17-20(22)2)7-8-23(29-25)34-13-9-24(30-34)38-14-12-28(5)10-11-28/h7-9,13,17-19H,10-12,14-16H2,1-6H3,(H,31,35)/t19-/m0/s1. The Morgan fingerprint density at radius 1 is 1.18 bits per heavy atom. The van der Waals surface area contributed by atoms with Crippen molar-refractivity contribution in [3.8, 4) is 11.7 Å². The van der Waals surface area contributed by atoms with Gasteiger partial charge in [-0.1, -0.05) is 13.8 Å². The topological polar surface area (TPSA) is 111 Å². The third-order valence-corrected chi connectivity index (χ3v) is 9.38. The lowest BCUT2D eigenvalue weighted by atomic mass is 9.97. The van der Waals surface area contributed by atoms with Gasteiger partial charge in [0, 0.05) is 43.8 Å². The number of rotatable bonds is 9. The predicted molar refractivity (Wildman–Crippen MR) is 149 cm³/mol. The fourth-order valence-corrected chi connectivity index (χ4v) is 6.74. The average Bonchev–Trinajstić information content (AvgIpc) is 3.14. The Morgan fingerprint density at radius 2 is 1.92 bits per heavy atom. The molecule has 39 heavy (non-hydrogen) atoms. The highest BCUT2D eigenvalue weighted by atomic mass is 32.2. The summed E-state index contributed by atoms with van der Waals surface area (Å²) in [5.41, 5.74) is 0.886. The number of aromatic nitrogens is 4. The number of nitrogens with zero attached hydrogens (tertiary/aromatic N) is 5. The van der Waals surface area contributed by atoms with Gasteiger partial charge in [-0.05, 0) is 75.5 Å². The Morgan fingerprint density at radius 3 is 2.54 bits per heavy atom. The number of nitrogens with one attached hydrogen (secondary N) is 1. The molecule has 2 aliphatic rings. The molecule has 3 aromatic rings. The molecule has 2 fully saturated rings. The molecule has 0 spiro atoms. The van der Waals surface area contributed by atoms with Crippen LogP contribution in [0.15, 0.2) is 41.7 Å². The first kappa shape index (κ1) is 27.2. The minimum absolute atomic E-state index is 0.0688. The van der Waals surface area contributed by atoms with Crippen LogP contribution in [-0.2, 0) is 17.1 Å². The summed E-state index contributed by atoms with van der Waals surface area (Å²) < 4.78 is 37.6. The van der Waals surface area contributed by atoms with E-state index in [9.17, 15) is 13.2 Å². The molecular formula is C28H38N6O4S. The number of carbonyl (C=O) groups excluding carboxylic acids is 1. The lowest BCUT2D eigenvalue weighted by molar-refractivity contribution is 0.0981. The number of amides is 1. The molecule has 10 nitrogen and oxygen atoms in total. The zero-order valence-electron chi connectivity index (χ0n) is 23.6. The Bertz CT molecular complexity index is 1500. The van der Waals surface area contributed by atoms with E-state index in [0.717, 1.165) is 12.8 Å². The van der Waals surface area contributed by atoms with Gasteiger partial charge in [-0.25, -0.2) is 22.8 Å². The van der Waals surface area contributed by atoms with Gasteiger partial charge in [0.05, 0.1) is 12.2 Å². The minimum Gasteiger partial charge on any atom is -0.477 e. The first-order valence-electron chi connectivity index (χ1n) is 13.4. The number of hydrogen-bond donors (Lipinski definition) is 1. The summed E-state index contributed by atoms with van der Waals surface area (Å²) >= 11 is 0. The number of sulfonamides is 1. The molecule has 5 rings (SSSR count). The lowest BCUT2D eigenvalue weighted by Crippen LogP contribution is -2.41. The lowest BCUT2D eigenvalue weighted by Gasteiger charge is -2.34. The number of ether oxygens (including phenoxy) is 1. The third-order valence-electron chi connectivity index (χ3n) is 7.92. The highest BCUT2D eigenvalue weighted by Gasteiger charge is 2.39. The molecule has 210 valence electrons. The molecule has 1 aliphatic heterocycles. The summed E-state index contributed by atoms with van der Waals surface area (Å²) in [5.74, 6) is 1.13. The van der Waals surface area contributed by atoms with Crippen molar-refractivity contribution < 1.29 is 17.9 Å². The normalized spacial score (nSPS) is 19.7. The fourth-order valence-electron chi connectivity index (χ4n) is 5.49. The summed E-state index contributed by atoms with van der Waals surface area (Å²) in [6, 6.07) is 5.09. The first-order chi connectivity index (χ1) is 18.3. The molecule has 3 aromatic heterocycles. The second-order valence-electron chi connectivity index (χ2n) is 12.2. The van der Waals surface area contributed by atoms with Gasteiger partial charge < -0.3 is 14.2 Å². The van der Waals surface area contributed by atoms with E-state index in [2.05, 4.69) is 42.4 Å².